The minimum atomic E-state index is -0.449. The van der Waals surface area contributed by atoms with Crippen LogP contribution in [0.5, 0.6) is 0 Å². The normalized spacial score (nSPS) is 22.3. The molecule has 1 aliphatic rings. The van der Waals surface area contributed by atoms with Crippen LogP contribution in [-0.4, -0.2) is 39.3 Å². The van der Waals surface area contributed by atoms with Crippen LogP contribution in [0, 0.1) is 0 Å². The molecule has 7 nitrogen and oxygen atoms in total. The van der Waals surface area contributed by atoms with Gasteiger partial charge in [-0.05, 0) is 12.8 Å². The summed E-state index contributed by atoms with van der Waals surface area (Å²) in [4.78, 5) is 16.5. The first-order valence-corrected chi connectivity index (χ1v) is 8.20. The number of amides is 1. The van der Waals surface area contributed by atoms with Crippen LogP contribution in [-0.2, 0) is 14.9 Å². The third-order valence-electron chi connectivity index (χ3n) is 3.72. The zero-order valence-electron chi connectivity index (χ0n) is 13.0. The molecule has 2 aromatic rings. The molecule has 1 fully saturated rings. The molecule has 120 valence electrons. The molecule has 3 heterocycles. The number of ether oxygens (including phenoxy) is 1. The Bertz CT molecular complexity index is 656. The van der Waals surface area contributed by atoms with E-state index in [1.165, 1.54) is 11.3 Å². The highest BCUT2D eigenvalue weighted by Crippen LogP contribution is 2.26. The first-order valence-electron chi connectivity index (χ1n) is 7.38. The molecule has 1 saturated heterocycles. The van der Waals surface area contributed by atoms with Gasteiger partial charge in [-0.1, -0.05) is 32.1 Å². The summed E-state index contributed by atoms with van der Waals surface area (Å²) >= 11 is 1.51. The number of nitrogens with zero attached hydrogens (tertiary/aromatic N) is 3. The van der Waals surface area contributed by atoms with Crippen molar-refractivity contribution < 1.29 is 9.53 Å². The number of aromatic nitrogens is 3. The maximum Gasteiger partial charge on any atom is 0.246 e. The molecule has 3 rings (SSSR count). The van der Waals surface area contributed by atoms with E-state index in [2.05, 4.69) is 36.2 Å². The molecule has 0 bridgehead atoms. The Morgan fingerprint density at radius 2 is 2.32 bits per heavy atom. The lowest BCUT2D eigenvalue weighted by Crippen LogP contribution is -2.30. The van der Waals surface area contributed by atoms with Gasteiger partial charge in [-0.3, -0.25) is 4.79 Å². The van der Waals surface area contributed by atoms with Crippen LogP contribution in [0.4, 0.5) is 5.13 Å². The van der Waals surface area contributed by atoms with Gasteiger partial charge in [-0.25, -0.2) is 9.50 Å². The highest BCUT2D eigenvalue weighted by molar-refractivity contribution is 7.20. The fourth-order valence-corrected chi connectivity index (χ4v) is 3.19. The smallest absolute Gasteiger partial charge is 0.246 e. The molecule has 0 saturated carbocycles. The van der Waals surface area contributed by atoms with Crippen molar-refractivity contribution in [3.63, 3.8) is 0 Å². The Hall–Kier alpha value is -1.67. The molecular weight excluding hydrogens is 302 g/mol. The van der Waals surface area contributed by atoms with Crippen molar-refractivity contribution in [1.29, 1.82) is 0 Å². The summed E-state index contributed by atoms with van der Waals surface area (Å²) in [5, 5.41) is 8.53. The third kappa shape index (κ3) is 3.07. The summed E-state index contributed by atoms with van der Waals surface area (Å²) in [6.07, 6.45) is 3.04. The van der Waals surface area contributed by atoms with Crippen molar-refractivity contribution >= 4 is 27.3 Å². The fraction of sp³-hybridized carbons (Fsp3) is 0.643. The van der Waals surface area contributed by atoms with E-state index in [4.69, 9.17) is 10.5 Å². The van der Waals surface area contributed by atoms with E-state index in [0.717, 1.165) is 22.2 Å². The predicted octanol–water partition coefficient (Wildman–Crippen LogP) is 1.53. The number of nitrogens with two attached hydrogens (primary N) is 1. The summed E-state index contributed by atoms with van der Waals surface area (Å²) < 4.78 is 7.38. The Morgan fingerprint density at radius 3 is 2.91 bits per heavy atom. The zero-order chi connectivity index (χ0) is 15.9. The summed E-state index contributed by atoms with van der Waals surface area (Å²) in [6.45, 7) is 7.01. The number of imidazole rings is 1. The van der Waals surface area contributed by atoms with Crippen molar-refractivity contribution in [2.45, 2.75) is 51.2 Å². The molecule has 8 heteroatoms. The second-order valence-corrected chi connectivity index (χ2v) is 7.57. The first kappa shape index (κ1) is 15.2. The van der Waals surface area contributed by atoms with Crippen molar-refractivity contribution in [3.8, 4) is 0 Å². The molecule has 2 unspecified atom stereocenters. The number of fused-ring (bicyclic) bond motifs is 1. The van der Waals surface area contributed by atoms with Gasteiger partial charge in [0.15, 0.2) is 0 Å². The molecule has 0 aliphatic carbocycles. The molecule has 1 amide bonds. The predicted molar refractivity (Wildman–Crippen MR) is 85.1 cm³/mol. The fourth-order valence-electron chi connectivity index (χ4n) is 2.40. The molecule has 0 spiro atoms. The van der Waals surface area contributed by atoms with E-state index < -0.39 is 6.10 Å². The molecule has 3 N–H and O–H groups in total. The maximum absolute atomic E-state index is 11.1. The zero-order valence-corrected chi connectivity index (χ0v) is 13.8. The number of carbonyl (C=O) groups is 1. The van der Waals surface area contributed by atoms with Gasteiger partial charge in [0.05, 0.1) is 18.0 Å². The van der Waals surface area contributed by atoms with E-state index in [1.807, 2.05) is 6.20 Å². The Kier molecular flexibility index (Phi) is 3.82. The second kappa shape index (κ2) is 5.51. The lowest BCUT2D eigenvalue weighted by atomic mass is 9.93. The van der Waals surface area contributed by atoms with Gasteiger partial charge in [-0.2, -0.15) is 0 Å². The standard InChI is InChI=1S/C14H21N5O2S/c1-14(2,3)10-7-19-13(17-10)22-12(18-19)16-6-8-4-5-9(21-8)11(15)20/h7-9H,4-6H2,1-3H3,(H2,15,20)(H,16,18). The summed E-state index contributed by atoms with van der Waals surface area (Å²) in [6, 6.07) is 0. The molecule has 1 aliphatic heterocycles. The van der Waals surface area contributed by atoms with Crippen LogP contribution in [0.25, 0.3) is 4.96 Å². The van der Waals surface area contributed by atoms with Crippen LogP contribution < -0.4 is 11.1 Å². The molecule has 2 atom stereocenters. The van der Waals surface area contributed by atoms with Crippen LogP contribution in [0.1, 0.15) is 39.3 Å². The van der Waals surface area contributed by atoms with Gasteiger partial charge < -0.3 is 15.8 Å². The molecule has 0 radical (unpaired) electrons. The molecular formula is C14H21N5O2S. The van der Waals surface area contributed by atoms with E-state index in [-0.39, 0.29) is 17.4 Å². The lowest BCUT2D eigenvalue weighted by Gasteiger charge is -2.13. The molecule has 2 aromatic heterocycles. The van der Waals surface area contributed by atoms with E-state index in [9.17, 15) is 4.79 Å². The summed E-state index contributed by atoms with van der Waals surface area (Å²) in [5.74, 6) is -0.384. The minimum absolute atomic E-state index is 0.00106. The highest BCUT2D eigenvalue weighted by Gasteiger charge is 2.29. The van der Waals surface area contributed by atoms with Crippen LogP contribution in [0.2, 0.25) is 0 Å². The SMILES string of the molecule is CC(C)(C)c1cn2nc(NCC3CCC(C(N)=O)O3)sc2n1. The van der Waals surface area contributed by atoms with E-state index >= 15 is 0 Å². The van der Waals surface area contributed by atoms with E-state index in [0.29, 0.717) is 13.0 Å². The maximum atomic E-state index is 11.1. The number of anilines is 1. The number of hydrogen-bond acceptors (Lipinski definition) is 6. The topological polar surface area (TPSA) is 94.5 Å². The largest absolute Gasteiger partial charge is 0.367 e. The number of primary amides is 1. The van der Waals surface area contributed by atoms with Crippen molar-refractivity contribution in [3.05, 3.63) is 11.9 Å². The average molecular weight is 323 g/mol. The van der Waals surface area contributed by atoms with Gasteiger partial charge in [0.1, 0.15) is 6.10 Å². The van der Waals surface area contributed by atoms with E-state index in [1.54, 1.807) is 4.52 Å². The Balaban J connectivity index is 1.61. The number of carbonyl (C=O) groups excluding carboxylic acids is 1. The Labute approximate surface area is 132 Å². The van der Waals surface area contributed by atoms with Gasteiger partial charge >= 0.3 is 0 Å². The van der Waals surface area contributed by atoms with Crippen LogP contribution in [0.3, 0.4) is 0 Å². The van der Waals surface area contributed by atoms with Gasteiger partial charge in [-0.15, -0.1) is 5.10 Å². The summed E-state index contributed by atoms with van der Waals surface area (Å²) in [5.41, 5.74) is 6.29. The average Bonchev–Trinajstić information content (AvgIpc) is 3.09. The first-order chi connectivity index (χ1) is 10.3. The van der Waals surface area contributed by atoms with Crippen LogP contribution >= 0.6 is 11.3 Å². The number of nitrogens with one attached hydrogen (secondary N) is 1. The monoisotopic (exact) mass is 323 g/mol. The second-order valence-electron chi connectivity index (χ2n) is 6.62. The lowest BCUT2D eigenvalue weighted by molar-refractivity contribution is -0.128. The third-order valence-corrected chi connectivity index (χ3v) is 4.60. The number of rotatable bonds is 4. The molecule has 22 heavy (non-hydrogen) atoms. The highest BCUT2D eigenvalue weighted by atomic mass is 32.1. The summed E-state index contributed by atoms with van der Waals surface area (Å²) in [7, 11) is 0. The van der Waals surface area contributed by atoms with Crippen LogP contribution in [0.15, 0.2) is 6.20 Å². The quantitative estimate of drug-likeness (QED) is 0.890. The van der Waals surface area contributed by atoms with Crippen molar-refractivity contribution in [1.82, 2.24) is 14.6 Å². The van der Waals surface area contributed by atoms with Crippen molar-refractivity contribution in [2.75, 3.05) is 11.9 Å². The molecule has 0 aromatic carbocycles. The number of hydrogen-bond donors (Lipinski definition) is 2. The van der Waals surface area contributed by atoms with Gasteiger partial charge in [0, 0.05) is 12.0 Å². The Morgan fingerprint density at radius 1 is 1.55 bits per heavy atom. The minimum Gasteiger partial charge on any atom is -0.367 e. The van der Waals surface area contributed by atoms with Gasteiger partial charge in [0.25, 0.3) is 0 Å². The van der Waals surface area contributed by atoms with Gasteiger partial charge in [0.2, 0.25) is 16.0 Å². The van der Waals surface area contributed by atoms with Crippen molar-refractivity contribution in [2.24, 2.45) is 5.73 Å².